The van der Waals surface area contributed by atoms with E-state index >= 15 is 4.79 Å². The van der Waals surface area contributed by atoms with Crippen molar-refractivity contribution in [2.75, 3.05) is 11.5 Å². The first kappa shape index (κ1) is 44.9. The molecule has 1 N–H and O–H groups in total. The third-order valence-corrected chi connectivity index (χ3v) is 11.8. The predicted molar refractivity (Wildman–Crippen MR) is 243 cm³/mol. The molecule has 5 aromatic carbocycles. The van der Waals surface area contributed by atoms with E-state index in [4.69, 9.17) is 25.8 Å². The van der Waals surface area contributed by atoms with Crippen LogP contribution in [0.5, 0.6) is 11.5 Å². The van der Waals surface area contributed by atoms with Crippen LogP contribution in [-0.4, -0.2) is 64.9 Å². The van der Waals surface area contributed by atoms with Gasteiger partial charge in [-0.3, -0.25) is 29.0 Å². The molecule has 0 bridgehead atoms. The number of nitrogens with zero attached hydrogens (tertiary/aromatic N) is 3. The maximum atomic E-state index is 15.3. The van der Waals surface area contributed by atoms with Gasteiger partial charge in [0.25, 0.3) is 11.8 Å². The number of ether oxygens (including phenoxy) is 3. The molecule has 0 radical (unpaired) electrons. The normalized spacial score (nSPS) is 18.9. The average molecular weight is 871 g/mol. The van der Waals surface area contributed by atoms with E-state index in [9.17, 15) is 14.4 Å². The Kier molecular flexibility index (Phi) is 14.2. The number of carbonyl (C=O) groups is 4. The van der Waals surface area contributed by atoms with Crippen LogP contribution in [0.4, 0.5) is 5.69 Å². The van der Waals surface area contributed by atoms with E-state index in [1.54, 1.807) is 12.1 Å². The van der Waals surface area contributed by atoms with Crippen molar-refractivity contribution in [3.63, 3.8) is 0 Å². The number of halogens is 1. The highest BCUT2D eigenvalue weighted by Gasteiger charge is 2.61. The van der Waals surface area contributed by atoms with Gasteiger partial charge in [-0.15, -0.1) is 0 Å². The number of nitrogens with one attached hydrogen (secondary N) is 1. The summed E-state index contributed by atoms with van der Waals surface area (Å²) in [6.45, 7) is 12.3. The zero-order chi connectivity index (χ0) is 44.8. The van der Waals surface area contributed by atoms with Gasteiger partial charge in [0.05, 0.1) is 18.8 Å². The van der Waals surface area contributed by atoms with Gasteiger partial charge in [0.2, 0.25) is 12.3 Å². The topological polar surface area (TPSA) is 118 Å². The van der Waals surface area contributed by atoms with Crippen LogP contribution in [0.3, 0.4) is 0 Å². The summed E-state index contributed by atoms with van der Waals surface area (Å²) in [7, 11) is 0. The fourth-order valence-electron chi connectivity index (χ4n) is 8.47. The van der Waals surface area contributed by atoms with E-state index in [0.717, 1.165) is 22.3 Å². The Morgan fingerprint density at radius 2 is 1.59 bits per heavy atom. The minimum absolute atomic E-state index is 0.0516. The van der Waals surface area contributed by atoms with Crippen molar-refractivity contribution in [3.05, 3.63) is 160 Å². The van der Waals surface area contributed by atoms with Crippen LogP contribution in [0.15, 0.2) is 121 Å². The summed E-state index contributed by atoms with van der Waals surface area (Å²) in [6.07, 6.45) is -2.12. The molecule has 0 saturated carbocycles. The lowest BCUT2D eigenvalue weighted by molar-refractivity contribution is -0.176. The second-order valence-corrected chi connectivity index (χ2v) is 17.0. The number of likely N-dealkylation sites (tertiary alicyclic amines) is 1. The molecule has 63 heavy (non-hydrogen) atoms. The Morgan fingerprint density at radius 3 is 2.32 bits per heavy atom. The number of β-lactam (4-membered cyclic amide) rings is 1. The molecule has 2 aliphatic heterocycles. The highest BCUT2D eigenvalue weighted by atomic mass is 35.5. The van der Waals surface area contributed by atoms with Gasteiger partial charge in [-0.1, -0.05) is 98.2 Å². The molecule has 7 rings (SSSR count). The third kappa shape index (κ3) is 9.90. The molecular formula is C51H55ClN4O7. The van der Waals surface area contributed by atoms with Crippen molar-refractivity contribution in [3.8, 4) is 11.5 Å². The second kappa shape index (κ2) is 19.9. The van der Waals surface area contributed by atoms with E-state index in [1.807, 2.05) is 151 Å². The van der Waals surface area contributed by atoms with Crippen LogP contribution < -0.4 is 19.7 Å². The fourth-order valence-corrected chi connectivity index (χ4v) is 8.68. The molecule has 12 heteroatoms. The van der Waals surface area contributed by atoms with Gasteiger partial charge in [-0.05, 0) is 123 Å². The van der Waals surface area contributed by atoms with Crippen molar-refractivity contribution < 1.29 is 33.4 Å². The number of amides is 4. The lowest BCUT2D eigenvalue weighted by atomic mass is 9.86. The first-order chi connectivity index (χ1) is 30.4. The number of hydrogen-bond donors (Lipinski definition) is 1. The van der Waals surface area contributed by atoms with Crippen LogP contribution >= 0.6 is 11.6 Å². The fraction of sp³-hybridized carbons (Fsp3) is 0.333. The minimum atomic E-state index is -1.43. The SMILES string of the molecule is CCOc1cccc(C2OC(c3ccccc3C)C(=O)N2C2C(=O)N(C(C(=O)NCc3cccc(OC(C)C)c3)N(C=O)c3cccc(C(C)C)c3)C2CCc2cccc(Cl)c2)c1. The third-order valence-electron chi connectivity index (χ3n) is 11.5. The molecule has 0 aromatic heterocycles. The monoisotopic (exact) mass is 870 g/mol. The highest BCUT2D eigenvalue weighted by molar-refractivity contribution is 6.30. The summed E-state index contributed by atoms with van der Waals surface area (Å²) >= 11 is 6.44. The highest BCUT2D eigenvalue weighted by Crippen LogP contribution is 2.46. The zero-order valence-corrected chi connectivity index (χ0v) is 37.3. The first-order valence-corrected chi connectivity index (χ1v) is 22.0. The predicted octanol–water partition coefficient (Wildman–Crippen LogP) is 9.07. The smallest absolute Gasteiger partial charge is 0.264 e. The Labute approximate surface area is 374 Å². The number of hydrogen-bond acceptors (Lipinski definition) is 7. The van der Waals surface area contributed by atoms with Crippen LogP contribution in [0.2, 0.25) is 5.02 Å². The van der Waals surface area contributed by atoms with Crippen LogP contribution in [0, 0.1) is 6.92 Å². The van der Waals surface area contributed by atoms with Crippen molar-refractivity contribution >= 4 is 41.4 Å². The summed E-state index contributed by atoms with van der Waals surface area (Å²) in [5.74, 6) is -0.102. The summed E-state index contributed by atoms with van der Waals surface area (Å²) in [5.41, 5.74) is 5.25. The summed E-state index contributed by atoms with van der Waals surface area (Å²) in [4.78, 5) is 63.0. The summed E-state index contributed by atoms with van der Waals surface area (Å²) in [5, 5.41) is 3.59. The molecular weight excluding hydrogens is 816 g/mol. The molecule has 2 heterocycles. The van der Waals surface area contributed by atoms with Crippen molar-refractivity contribution in [1.29, 1.82) is 0 Å². The second-order valence-electron chi connectivity index (χ2n) is 16.6. The van der Waals surface area contributed by atoms with Gasteiger partial charge in [-0.2, -0.15) is 0 Å². The molecule has 2 fully saturated rings. The summed E-state index contributed by atoms with van der Waals surface area (Å²) < 4.78 is 18.5. The molecule has 0 spiro atoms. The standard InChI is InChI=1S/C51H55ClN4O7/c1-7-61-41-21-13-18-38(29-41)51-56(50(60)46(63-51)43-23-9-8-14-34(43)6)45-44(25-24-35-15-10-19-39(52)26-35)55(49(45)59)48(54(31-57)40-20-12-17-37(28-40)32(2)3)47(58)53-30-36-16-11-22-42(27-36)62-33(4)5/h8-23,26-29,31-33,44-46,48,51H,7,24-25,30H2,1-6H3,(H,53,58). The lowest BCUT2D eigenvalue weighted by Gasteiger charge is -2.55. The van der Waals surface area contributed by atoms with Crippen LogP contribution in [-0.2, 0) is 36.9 Å². The van der Waals surface area contributed by atoms with E-state index in [2.05, 4.69) is 5.32 Å². The molecule has 4 amide bonds. The van der Waals surface area contributed by atoms with Crippen molar-refractivity contribution in [2.45, 2.75) is 104 Å². The Morgan fingerprint density at radius 1 is 0.857 bits per heavy atom. The van der Waals surface area contributed by atoms with Crippen molar-refractivity contribution in [2.24, 2.45) is 0 Å². The molecule has 328 valence electrons. The largest absolute Gasteiger partial charge is 0.494 e. The van der Waals surface area contributed by atoms with Gasteiger partial charge >= 0.3 is 0 Å². The lowest BCUT2D eigenvalue weighted by Crippen LogP contribution is -2.77. The number of rotatable bonds is 18. The maximum Gasteiger partial charge on any atom is 0.264 e. The van der Waals surface area contributed by atoms with Crippen molar-refractivity contribution in [1.82, 2.24) is 15.1 Å². The number of benzene rings is 5. The maximum absolute atomic E-state index is 15.3. The quantitative estimate of drug-likeness (QED) is 0.0690. The van der Waals surface area contributed by atoms with Gasteiger partial charge < -0.3 is 24.4 Å². The molecule has 5 unspecified atom stereocenters. The molecule has 0 aliphatic carbocycles. The van der Waals surface area contributed by atoms with Gasteiger partial charge in [-0.25, -0.2) is 0 Å². The van der Waals surface area contributed by atoms with E-state index in [1.165, 1.54) is 14.7 Å². The van der Waals surface area contributed by atoms with Crippen LogP contribution in [0.1, 0.15) is 92.7 Å². The number of anilines is 1. The molecule has 2 aliphatic rings. The number of aryl methyl sites for hydroxylation is 2. The Hall–Kier alpha value is -6.17. The Bertz CT molecular complexity index is 2440. The molecule has 5 atom stereocenters. The molecule has 5 aromatic rings. The van der Waals surface area contributed by atoms with E-state index < -0.39 is 42.4 Å². The number of carbonyl (C=O) groups excluding carboxylic acids is 4. The minimum Gasteiger partial charge on any atom is -0.494 e. The Balaban J connectivity index is 1.32. The van der Waals surface area contributed by atoms with Gasteiger partial charge in [0.15, 0.2) is 18.5 Å². The average Bonchev–Trinajstić information content (AvgIpc) is 3.59. The van der Waals surface area contributed by atoms with Gasteiger partial charge in [0.1, 0.15) is 17.5 Å². The molecule has 2 saturated heterocycles. The molecule has 11 nitrogen and oxygen atoms in total. The zero-order valence-electron chi connectivity index (χ0n) is 36.6. The first-order valence-electron chi connectivity index (χ1n) is 21.6. The summed E-state index contributed by atoms with van der Waals surface area (Å²) in [6, 6.07) is 35.3. The van der Waals surface area contributed by atoms with Crippen LogP contribution in [0.25, 0.3) is 0 Å². The van der Waals surface area contributed by atoms with E-state index in [0.29, 0.717) is 59.2 Å². The van der Waals surface area contributed by atoms with Gasteiger partial charge in [0, 0.05) is 22.8 Å². The van der Waals surface area contributed by atoms with E-state index in [-0.39, 0.29) is 24.5 Å².